The molecule has 1 aliphatic rings. The SMILES string of the molecule is O=C(c1ccc(OC(F)F)cc1)N1NC(=C(F)F)CC1(O)C(F)F. The smallest absolute Gasteiger partial charge is 0.387 e. The van der Waals surface area contributed by atoms with Gasteiger partial charge in [0, 0.05) is 5.56 Å². The molecule has 132 valence electrons. The zero-order valence-corrected chi connectivity index (χ0v) is 11.6. The fourth-order valence-electron chi connectivity index (χ4n) is 2.03. The van der Waals surface area contributed by atoms with Crippen molar-refractivity contribution in [2.24, 2.45) is 0 Å². The highest BCUT2D eigenvalue weighted by Crippen LogP contribution is 2.35. The predicted octanol–water partition coefficient (Wildman–Crippen LogP) is 2.70. The van der Waals surface area contributed by atoms with Gasteiger partial charge in [-0.1, -0.05) is 0 Å². The maximum Gasteiger partial charge on any atom is 0.387 e. The van der Waals surface area contributed by atoms with Gasteiger partial charge in [-0.15, -0.1) is 0 Å². The standard InChI is InChI=1S/C13H10F6N2O3/c14-9(15)8-5-13(23,11(16)17)21(20-8)10(22)6-1-3-7(4-2-6)24-12(18)19/h1-4,11-12,20,23H,5H2. The molecule has 1 unspecified atom stereocenters. The lowest BCUT2D eigenvalue weighted by molar-refractivity contribution is -0.168. The van der Waals surface area contributed by atoms with Gasteiger partial charge >= 0.3 is 6.61 Å². The summed E-state index contributed by atoms with van der Waals surface area (Å²) in [4.78, 5) is 12.2. The molecule has 0 bridgehead atoms. The van der Waals surface area contributed by atoms with Crippen molar-refractivity contribution in [1.82, 2.24) is 10.4 Å². The highest BCUT2D eigenvalue weighted by Gasteiger charge is 2.53. The minimum Gasteiger partial charge on any atom is -0.435 e. The summed E-state index contributed by atoms with van der Waals surface area (Å²) in [5.41, 5.74) is -2.77. The summed E-state index contributed by atoms with van der Waals surface area (Å²) in [6.45, 7) is -3.10. The van der Waals surface area contributed by atoms with Crippen LogP contribution in [-0.4, -0.2) is 34.8 Å². The molecule has 24 heavy (non-hydrogen) atoms. The Labute approximate surface area is 131 Å². The normalized spacial score (nSPS) is 20.5. The van der Waals surface area contributed by atoms with Gasteiger partial charge in [-0.05, 0) is 24.3 Å². The topological polar surface area (TPSA) is 61.8 Å². The molecule has 0 aliphatic carbocycles. The molecule has 1 aromatic carbocycles. The van der Waals surface area contributed by atoms with E-state index in [1.54, 1.807) is 5.43 Å². The summed E-state index contributed by atoms with van der Waals surface area (Å²) in [7, 11) is 0. The molecule has 0 saturated carbocycles. The second-order valence-corrected chi connectivity index (χ2v) is 4.75. The highest BCUT2D eigenvalue weighted by molar-refractivity contribution is 5.94. The molecule has 1 heterocycles. The summed E-state index contributed by atoms with van der Waals surface area (Å²) in [6, 6.07) is 3.84. The third-order valence-electron chi connectivity index (χ3n) is 3.18. The van der Waals surface area contributed by atoms with Gasteiger partial charge in [-0.2, -0.15) is 17.6 Å². The maximum absolute atomic E-state index is 13.0. The van der Waals surface area contributed by atoms with Crippen LogP contribution in [0.1, 0.15) is 16.8 Å². The second-order valence-electron chi connectivity index (χ2n) is 4.75. The van der Waals surface area contributed by atoms with Crippen LogP contribution in [0.2, 0.25) is 0 Å². The number of alkyl halides is 4. The number of nitrogens with zero attached hydrogens (tertiary/aromatic N) is 1. The van der Waals surface area contributed by atoms with Crippen LogP contribution >= 0.6 is 0 Å². The molecular formula is C13H10F6N2O3. The van der Waals surface area contributed by atoms with E-state index in [2.05, 4.69) is 4.74 Å². The summed E-state index contributed by atoms with van der Waals surface area (Å²) >= 11 is 0. The lowest BCUT2D eigenvalue weighted by atomic mass is 10.1. The van der Waals surface area contributed by atoms with E-state index >= 15 is 0 Å². The van der Waals surface area contributed by atoms with Crippen LogP contribution in [-0.2, 0) is 0 Å². The van der Waals surface area contributed by atoms with E-state index in [1.165, 1.54) is 0 Å². The van der Waals surface area contributed by atoms with Crippen LogP contribution in [0.4, 0.5) is 26.3 Å². The first-order chi connectivity index (χ1) is 11.1. The molecule has 2 rings (SSSR count). The van der Waals surface area contributed by atoms with E-state index in [1.807, 2.05) is 0 Å². The average molecular weight is 356 g/mol. The van der Waals surface area contributed by atoms with Gasteiger partial charge in [0.15, 0.2) is 0 Å². The Morgan fingerprint density at radius 2 is 1.79 bits per heavy atom. The van der Waals surface area contributed by atoms with Crippen LogP contribution in [0.25, 0.3) is 0 Å². The van der Waals surface area contributed by atoms with Crippen molar-refractivity contribution in [2.75, 3.05) is 0 Å². The molecular weight excluding hydrogens is 346 g/mol. The number of ether oxygens (including phenoxy) is 1. The number of halogens is 6. The molecule has 0 radical (unpaired) electrons. The molecule has 0 spiro atoms. The van der Waals surface area contributed by atoms with E-state index in [-0.39, 0.29) is 16.3 Å². The summed E-state index contributed by atoms with van der Waals surface area (Å²) in [5, 5.41) is 9.84. The third-order valence-corrected chi connectivity index (χ3v) is 3.18. The number of hydrogen-bond acceptors (Lipinski definition) is 4. The Morgan fingerprint density at radius 3 is 2.25 bits per heavy atom. The Hall–Kier alpha value is -2.43. The van der Waals surface area contributed by atoms with E-state index in [0.717, 1.165) is 24.3 Å². The number of aliphatic hydroxyl groups is 1. The Kier molecular flexibility index (Phi) is 4.92. The lowest BCUT2D eigenvalue weighted by Crippen LogP contribution is -2.55. The van der Waals surface area contributed by atoms with E-state index in [0.29, 0.717) is 0 Å². The molecule has 1 aromatic rings. The van der Waals surface area contributed by atoms with Crippen molar-refractivity contribution >= 4 is 5.91 Å². The van der Waals surface area contributed by atoms with E-state index in [4.69, 9.17) is 0 Å². The van der Waals surface area contributed by atoms with Crippen LogP contribution in [0.5, 0.6) is 5.75 Å². The second kappa shape index (κ2) is 6.59. The summed E-state index contributed by atoms with van der Waals surface area (Å²) in [6.07, 6.45) is -7.08. The molecule has 2 N–H and O–H groups in total. The van der Waals surface area contributed by atoms with Crippen LogP contribution in [0.3, 0.4) is 0 Å². The molecule has 11 heteroatoms. The van der Waals surface area contributed by atoms with Gasteiger partial charge in [0.25, 0.3) is 18.4 Å². The lowest BCUT2D eigenvalue weighted by Gasteiger charge is -2.31. The number of benzene rings is 1. The van der Waals surface area contributed by atoms with Crippen LogP contribution in [0, 0.1) is 0 Å². The maximum atomic E-state index is 13.0. The summed E-state index contributed by atoms with van der Waals surface area (Å²) < 4.78 is 79.4. The number of hydrazine groups is 1. The monoisotopic (exact) mass is 356 g/mol. The Bertz CT molecular complexity index is 648. The van der Waals surface area contributed by atoms with Crippen molar-refractivity contribution < 1.29 is 41.0 Å². The van der Waals surface area contributed by atoms with Crippen LogP contribution in [0.15, 0.2) is 36.0 Å². The fraction of sp³-hybridized carbons (Fsp3) is 0.308. The molecule has 0 aromatic heterocycles. The number of carbonyl (C=O) groups is 1. The number of rotatable bonds is 4. The zero-order valence-electron chi connectivity index (χ0n) is 11.6. The van der Waals surface area contributed by atoms with Crippen LogP contribution < -0.4 is 10.2 Å². The molecule has 1 atom stereocenters. The van der Waals surface area contributed by atoms with Crippen molar-refractivity contribution in [1.29, 1.82) is 0 Å². The minimum absolute atomic E-state index is 0.0187. The highest BCUT2D eigenvalue weighted by atomic mass is 19.3. The van der Waals surface area contributed by atoms with Crippen molar-refractivity contribution in [3.05, 3.63) is 41.6 Å². The molecule has 5 nitrogen and oxygen atoms in total. The third kappa shape index (κ3) is 3.40. The van der Waals surface area contributed by atoms with Crippen molar-refractivity contribution in [3.8, 4) is 5.75 Å². The molecule has 1 aliphatic heterocycles. The van der Waals surface area contributed by atoms with Crippen molar-refractivity contribution in [3.63, 3.8) is 0 Å². The van der Waals surface area contributed by atoms with Crippen molar-refractivity contribution in [2.45, 2.75) is 25.2 Å². The van der Waals surface area contributed by atoms with Gasteiger partial charge in [-0.3, -0.25) is 10.2 Å². The van der Waals surface area contributed by atoms with Gasteiger partial charge < -0.3 is 9.84 Å². The quantitative estimate of drug-likeness (QED) is 0.815. The van der Waals surface area contributed by atoms with Gasteiger partial charge in [-0.25, -0.2) is 13.8 Å². The number of hydrogen-bond donors (Lipinski definition) is 2. The van der Waals surface area contributed by atoms with Gasteiger partial charge in [0.1, 0.15) is 11.4 Å². The molecule has 1 amide bonds. The Balaban J connectivity index is 2.28. The first kappa shape index (κ1) is 17.9. The predicted molar refractivity (Wildman–Crippen MR) is 67.2 cm³/mol. The zero-order chi connectivity index (χ0) is 18.1. The number of carbonyl (C=O) groups excluding carboxylic acids is 1. The molecule has 1 saturated heterocycles. The van der Waals surface area contributed by atoms with E-state index in [9.17, 15) is 36.2 Å². The number of amides is 1. The Morgan fingerprint density at radius 1 is 1.21 bits per heavy atom. The largest absolute Gasteiger partial charge is 0.435 e. The van der Waals surface area contributed by atoms with Gasteiger partial charge in [0.05, 0.1) is 6.42 Å². The molecule has 1 fully saturated rings. The van der Waals surface area contributed by atoms with E-state index < -0.39 is 42.9 Å². The average Bonchev–Trinajstić information content (AvgIpc) is 2.86. The number of nitrogens with one attached hydrogen (secondary N) is 1. The summed E-state index contributed by atoms with van der Waals surface area (Å²) in [5.74, 6) is -1.55. The minimum atomic E-state index is -3.53. The first-order valence-corrected chi connectivity index (χ1v) is 6.36. The van der Waals surface area contributed by atoms with Gasteiger partial charge in [0.2, 0.25) is 5.72 Å². The first-order valence-electron chi connectivity index (χ1n) is 6.36. The fourth-order valence-corrected chi connectivity index (χ4v) is 2.03.